The van der Waals surface area contributed by atoms with E-state index in [0.717, 1.165) is 18.8 Å². The summed E-state index contributed by atoms with van der Waals surface area (Å²) in [6.07, 6.45) is 1.69. The van der Waals surface area contributed by atoms with Crippen molar-refractivity contribution in [2.45, 2.75) is 26.4 Å². The van der Waals surface area contributed by atoms with Gasteiger partial charge in [-0.05, 0) is 31.3 Å². The molecule has 0 amide bonds. The second-order valence-corrected chi connectivity index (χ2v) is 5.65. The van der Waals surface area contributed by atoms with E-state index in [2.05, 4.69) is 34.4 Å². The Morgan fingerprint density at radius 2 is 1.88 bits per heavy atom. The largest absolute Gasteiger partial charge is 0.468 e. The van der Waals surface area contributed by atoms with Gasteiger partial charge in [0.1, 0.15) is 11.6 Å². The smallest absolute Gasteiger partial charge is 0.191 e. The molecular formula is C19H28FIN4O. The molecule has 1 unspecified atom stereocenters. The molecule has 26 heavy (non-hydrogen) atoms. The lowest BCUT2D eigenvalue weighted by Gasteiger charge is -2.28. The second-order valence-electron chi connectivity index (χ2n) is 5.65. The van der Waals surface area contributed by atoms with Crippen molar-refractivity contribution in [2.24, 2.45) is 4.99 Å². The van der Waals surface area contributed by atoms with Crippen LogP contribution in [0.4, 0.5) is 4.39 Å². The Morgan fingerprint density at radius 1 is 1.15 bits per heavy atom. The molecular weight excluding hydrogens is 446 g/mol. The zero-order valence-corrected chi connectivity index (χ0v) is 17.9. The van der Waals surface area contributed by atoms with Crippen LogP contribution in [0, 0.1) is 5.82 Å². The van der Waals surface area contributed by atoms with Crippen LogP contribution < -0.4 is 10.6 Å². The molecule has 0 aliphatic heterocycles. The van der Waals surface area contributed by atoms with Crippen molar-refractivity contribution < 1.29 is 8.81 Å². The van der Waals surface area contributed by atoms with E-state index >= 15 is 0 Å². The molecule has 0 radical (unpaired) electrons. The van der Waals surface area contributed by atoms with Gasteiger partial charge in [0, 0.05) is 25.7 Å². The van der Waals surface area contributed by atoms with Gasteiger partial charge in [-0.2, -0.15) is 0 Å². The number of rotatable bonds is 8. The van der Waals surface area contributed by atoms with Gasteiger partial charge in [-0.15, -0.1) is 24.0 Å². The monoisotopic (exact) mass is 474 g/mol. The first-order valence-electron chi connectivity index (χ1n) is 8.64. The molecule has 0 aliphatic carbocycles. The lowest BCUT2D eigenvalue weighted by atomic mass is 10.2. The minimum Gasteiger partial charge on any atom is -0.468 e. The maximum atomic E-state index is 13.7. The van der Waals surface area contributed by atoms with Crippen molar-refractivity contribution >= 4 is 29.9 Å². The Balaban J connectivity index is 0.00000338. The predicted octanol–water partition coefficient (Wildman–Crippen LogP) is 3.78. The third kappa shape index (κ3) is 6.28. The van der Waals surface area contributed by atoms with Gasteiger partial charge in [0.2, 0.25) is 0 Å². The van der Waals surface area contributed by atoms with Gasteiger partial charge >= 0.3 is 0 Å². The average molecular weight is 474 g/mol. The summed E-state index contributed by atoms with van der Waals surface area (Å²) in [5.74, 6) is 1.33. The van der Waals surface area contributed by atoms with Crippen molar-refractivity contribution in [2.75, 3.05) is 26.7 Å². The Morgan fingerprint density at radius 3 is 2.46 bits per heavy atom. The zero-order chi connectivity index (χ0) is 18.1. The minimum absolute atomic E-state index is 0. The van der Waals surface area contributed by atoms with Crippen molar-refractivity contribution in [1.82, 2.24) is 15.5 Å². The second kappa shape index (κ2) is 11.9. The van der Waals surface area contributed by atoms with Crippen LogP contribution in [0.3, 0.4) is 0 Å². The quantitative estimate of drug-likeness (QED) is 0.348. The number of likely N-dealkylation sites (N-methyl/N-ethyl adjacent to an activating group) is 1. The average Bonchev–Trinajstić information content (AvgIpc) is 3.16. The fraction of sp³-hybridized carbons (Fsp3) is 0.421. The molecule has 0 spiro atoms. The number of nitrogens with one attached hydrogen (secondary N) is 2. The molecule has 2 N–H and O–H groups in total. The van der Waals surface area contributed by atoms with E-state index in [1.165, 1.54) is 6.07 Å². The Bertz CT molecular complexity index is 659. The fourth-order valence-electron chi connectivity index (χ4n) is 2.79. The lowest BCUT2D eigenvalue weighted by molar-refractivity contribution is 0.193. The molecule has 1 aromatic carbocycles. The van der Waals surface area contributed by atoms with Gasteiger partial charge in [0.05, 0.1) is 12.3 Å². The van der Waals surface area contributed by atoms with Gasteiger partial charge in [-0.25, -0.2) is 4.39 Å². The van der Waals surface area contributed by atoms with Crippen molar-refractivity contribution in [3.63, 3.8) is 0 Å². The number of halogens is 2. The first kappa shape index (κ1) is 22.4. The standard InChI is InChI=1S/C19H27FN4O.HI/c1-4-24(5-2)17(18-11-8-12-25-18)14-23-19(21-3)22-13-15-9-6-7-10-16(15)20;/h6-12,17H,4-5,13-14H2,1-3H3,(H2,21,22,23);1H. The molecule has 2 aromatic rings. The summed E-state index contributed by atoms with van der Waals surface area (Å²) in [6.45, 7) is 7.13. The highest BCUT2D eigenvalue weighted by atomic mass is 127. The van der Waals surface area contributed by atoms with Crippen molar-refractivity contribution in [1.29, 1.82) is 0 Å². The molecule has 0 fully saturated rings. The number of nitrogens with zero attached hydrogens (tertiary/aromatic N) is 2. The van der Waals surface area contributed by atoms with Crippen molar-refractivity contribution in [3.8, 4) is 0 Å². The van der Waals surface area contributed by atoms with E-state index in [0.29, 0.717) is 24.6 Å². The summed E-state index contributed by atoms with van der Waals surface area (Å²) in [5.41, 5.74) is 0.608. The number of benzene rings is 1. The van der Waals surface area contributed by atoms with Crippen LogP contribution >= 0.6 is 24.0 Å². The fourth-order valence-corrected chi connectivity index (χ4v) is 2.79. The highest BCUT2D eigenvalue weighted by Gasteiger charge is 2.20. The van der Waals surface area contributed by atoms with Crippen LogP contribution in [0.2, 0.25) is 0 Å². The van der Waals surface area contributed by atoms with Crippen LogP contribution in [0.15, 0.2) is 52.1 Å². The van der Waals surface area contributed by atoms with Crippen molar-refractivity contribution in [3.05, 3.63) is 59.8 Å². The third-order valence-corrected chi connectivity index (χ3v) is 4.22. The summed E-state index contributed by atoms with van der Waals surface area (Å²) in [5, 5.41) is 6.46. The summed E-state index contributed by atoms with van der Waals surface area (Å²) < 4.78 is 19.3. The van der Waals surface area contributed by atoms with E-state index in [1.54, 1.807) is 25.4 Å². The summed E-state index contributed by atoms with van der Waals surface area (Å²) >= 11 is 0. The van der Waals surface area contributed by atoms with E-state index in [-0.39, 0.29) is 35.8 Å². The van der Waals surface area contributed by atoms with Crippen LogP contribution in [-0.4, -0.2) is 37.5 Å². The van der Waals surface area contributed by atoms with Gasteiger partial charge in [-0.3, -0.25) is 9.89 Å². The lowest BCUT2D eigenvalue weighted by Crippen LogP contribution is -2.43. The Hall–Kier alpha value is -1.61. The molecule has 0 saturated carbocycles. The normalized spacial score (nSPS) is 12.6. The molecule has 0 bridgehead atoms. The van der Waals surface area contributed by atoms with Gasteiger partial charge in [0.25, 0.3) is 0 Å². The molecule has 0 saturated heterocycles. The Labute approximate surface area is 172 Å². The minimum atomic E-state index is -0.220. The van der Waals surface area contributed by atoms with Gasteiger partial charge < -0.3 is 15.1 Å². The summed E-state index contributed by atoms with van der Waals surface area (Å²) in [7, 11) is 1.70. The first-order valence-corrected chi connectivity index (χ1v) is 8.64. The first-order chi connectivity index (χ1) is 12.2. The SMILES string of the molecule is CCN(CC)C(CNC(=NC)NCc1ccccc1F)c1ccco1.I. The predicted molar refractivity (Wildman–Crippen MR) is 114 cm³/mol. The molecule has 0 aliphatic rings. The number of furan rings is 1. The van der Waals surface area contributed by atoms with Crippen LogP contribution in [0.5, 0.6) is 0 Å². The number of aliphatic imine (C=N–C) groups is 1. The van der Waals surface area contributed by atoms with Gasteiger partial charge in [-0.1, -0.05) is 32.0 Å². The highest BCUT2D eigenvalue weighted by molar-refractivity contribution is 14.0. The molecule has 1 aromatic heterocycles. The van der Waals surface area contributed by atoms with E-state index in [4.69, 9.17) is 4.42 Å². The zero-order valence-electron chi connectivity index (χ0n) is 15.5. The Kier molecular flexibility index (Phi) is 10.3. The van der Waals surface area contributed by atoms with Crippen LogP contribution in [-0.2, 0) is 6.54 Å². The number of guanidine groups is 1. The highest BCUT2D eigenvalue weighted by Crippen LogP contribution is 2.20. The molecule has 5 nitrogen and oxygen atoms in total. The summed E-state index contributed by atoms with van der Waals surface area (Å²) in [6, 6.07) is 10.7. The van der Waals surface area contributed by atoms with Crippen LogP contribution in [0.25, 0.3) is 0 Å². The molecule has 1 heterocycles. The molecule has 144 valence electrons. The number of hydrogen-bond acceptors (Lipinski definition) is 3. The van der Waals surface area contributed by atoms with E-state index in [9.17, 15) is 4.39 Å². The summed E-state index contributed by atoms with van der Waals surface area (Å²) in [4.78, 5) is 6.54. The van der Waals surface area contributed by atoms with Crippen LogP contribution in [0.1, 0.15) is 31.2 Å². The number of hydrogen-bond donors (Lipinski definition) is 2. The molecule has 2 rings (SSSR count). The topological polar surface area (TPSA) is 52.8 Å². The maximum Gasteiger partial charge on any atom is 0.191 e. The molecule has 7 heteroatoms. The molecule has 1 atom stereocenters. The van der Waals surface area contributed by atoms with E-state index in [1.807, 2.05) is 18.2 Å². The maximum absolute atomic E-state index is 13.7. The van der Waals surface area contributed by atoms with E-state index < -0.39 is 0 Å². The van der Waals surface area contributed by atoms with Gasteiger partial charge in [0.15, 0.2) is 5.96 Å². The third-order valence-electron chi connectivity index (χ3n) is 4.22.